The van der Waals surface area contributed by atoms with Gasteiger partial charge in [0.05, 0.1) is 6.10 Å². The highest BCUT2D eigenvalue weighted by Crippen LogP contribution is 2.38. The van der Waals surface area contributed by atoms with Gasteiger partial charge in [0.1, 0.15) is 6.23 Å². The van der Waals surface area contributed by atoms with Gasteiger partial charge in [-0.2, -0.15) is 0 Å². The number of ether oxygens (including phenoxy) is 1. The lowest BCUT2D eigenvalue weighted by Gasteiger charge is -2.37. The molecule has 80 valence electrons. The molecule has 1 saturated carbocycles. The van der Waals surface area contributed by atoms with Crippen LogP contribution in [0.4, 0.5) is 0 Å². The van der Waals surface area contributed by atoms with Crippen LogP contribution in [0.1, 0.15) is 39.0 Å². The molecule has 0 radical (unpaired) electrons. The first-order valence-electron chi connectivity index (χ1n) is 5.83. The lowest BCUT2D eigenvalue weighted by molar-refractivity contribution is -0.0380. The van der Waals surface area contributed by atoms with E-state index in [9.17, 15) is 0 Å². The van der Waals surface area contributed by atoms with E-state index in [-0.39, 0.29) is 6.23 Å². The van der Waals surface area contributed by atoms with Crippen LogP contribution in [0.3, 0.4) is 0 Å². The molecule has 2 aliphatic rings. The fourth-order valence-electron chi connectivity index (χ4n) is 2.84. The molecule has 0 aromatic heterocycles. The summed E-state index contributed by atoms with van der Waals surface area (Å²) in [5.74, 6) is 1.69. The molecule has 0 heterocycles. The van der Waals surface area contributed by atoms with Gasteiger partial charge in [-0.3, -0.25) is 0 Å². The van der Waals surface area contributed by atoms with Crippen LogP contribution in [0.15, 0.2) is 12.2 Å². The normalized spacial score (nSPS) is 39.1. The van der Waals surface area contributed by atoms with Crippen molar-refractivity contribution in [1.82, 2.24) is 0 Å². The van der Waals surface area contributed by atoms with Gasteiger partial charge in [-0.1, -0.05) is 12.2 Å². The molecule has 4 atom stereocenters. The summed E-state index contributed by atoms with van der Waals surface area (Å²) in [6.45, 7) is 1.92. The van der Waals surface area contributed by atoms with Crippen molar-refractivity contribution >= 4 is 0 Å². The van der Waals surface area contributed by atoms with E-state index in [1.165, 1.54) is 32.1 Å². The molecule has 0 bridgehead atoms. The molecule has 0 saturated heterocycles. The zero-order chi connectivity index (χ0) is 9.97. The molecule has 0 aliphatic heterocycles. The van der Waals surface area contributed by atoms with E-state index < -0.39 is 0 Å². The fraction of sp³-hybridized carbons (Fsp3) is 0.833. The molecular formula is C12H21NO. The van der Waals surface area contributed by atoms with Gasteiger partial charge in [0, 0.05) is 0 Å². The van der Waals surface area contributed by atoms with Gasteiger partial charge in [-0.05, 0) is 50.9 Å². The maximum Gasteiger partial charge on any atom is 0.103 e. The lowest BCUT2D eigenvalue weighted by atomic mass is 9.73. The maximum absolute atomic E-state index is 5.69. The van der Waals surface area contributed by atoms with Gasteiger partial charge in [-0.15, -0.1) is 0 Å². The smallest absolute Gasteiger partial charge is 0.103 e. The van der Waals surface area contributed by atoms with Gasteiger partial charge in [0.2, 0.25) is 0 Å². The number of nitrogens with two attached hydrogens (primary N) is 1. The van der Waals surface area contributed by atoms with Crippen molar-refractivity contribution in [2.45, 2.75) is 51.4 Å². The van der Waals surface area contributed by atoms with Crippen molar-refractivity contribution in [2.24, 2.45) is 17.6 Å². The predicted octanol–water partition coefficient (Wildman–Crippen LogP) is 2.44. The topological polar surface area (TPSA) is 35.2 Å². The van der Waals surface area contributed by atoms with Crippen LogP contribution < -0.4 is 5.73 Å². The van der Waals surface area contributed by atoms with Crippen LogP contribution in [0.5, 0.6) is 0 Å². The minimum atomic E-state index is -0.101. The Hall–Kier alpha value is -0.340. The summed E-state index contributed by atoms with van der Waals surface area (Å²) in [6, 6.07) is 0. The molecule has 2 heteroatoms. The average Bonchev–Trinajstić information content (AvgIpc) is 2.17. The molecule has 0 aromatic rings. The lowest BCUT2D eigenvalue weighted by Crippen LogP contribution is -2.34. The van der Waals surface area contributed by atoms with Crippen molar-refractivity contribution in [3.8, 4) is 0 Å². The van der Waals surface area contributed by atoms with Crippen LogP contribution in [0, 0.1) is 11.8 Å². The van der Waals surface area contributed by atoms with E-state index in [0.717, 1.165) is 11.8 Å². The minimum absolute atomic E-state index is 0.101. The third-order valence-electron chi connectivity index (χ3n) is 3.49. The fourth-order valence-corrected chi connectivity index (χ4v) is 2.84. The Kier molecular flexibility index (Phi) is 3.24. The Morgan fingerprint density at radius 2 is 2.21 bits per heavy atom. The second-order valence-corrected chi connectivity index (χ2v) is 4.71. The van der Waals surface area contributed by atoms with Gasteiger partial charge in [0.25, 0.3) is 0 Å². The zero-order valence-electron chi connectivity index (χ0n) is 8.99. The van der Waals surface area contributed by atoms with Gasteiger partial charge in [0.15, 0.2) is 0 Å². The Morgan fingerprint density at radius 3 is 3.00 bits per heavy atom. The molecular weight excluding hydrogens is 174 g/mol. The zero-order valence-corrected chi connectivity index (χ0v) is 8.99. The van der Waals surface area contributed by atoms with Crippen molar-refractivity contribution in [3.05, 3.63) is 12.2 Å². The van der Waals surface area contributed by atoms with Crippen LogP contribution in [0.2, 0.25) is 0 Å². The molecule has 4 unspecified atom stereocenters. The number of hydrogen-bond acceptors (Lipinski definition) is 2. The summed E-state index contributed by atoms with van der Waals surface area (Å²) < 4.78 is 5.69. The number of hydrogen-bond donors (Lipinski definition) is 1. The van der Waals surface area contributed by atoms with Gasteiger partial charge >= 0.3 is 0 Å². The summed E-state index contributed by atoms with van der Waals surface area (Å²) in [5, 5.41) is 0. The van der Waals surface area contributed by atoms with E-state index in [1.807, 2.05) is 6.92 Å². The number of allylic oxidation sites excluding steroid dienone is 2. The highest BCUT2D eigenvalue weighted by Gasteiger charge is 2.30. The summed E-state index contributed by atoms with van der Waals surface area (Å²) in [6.07, 6.45) is 11.4. The summed E-state index contributed by atoms with van der Waals surface area (Å²) in [7, 11) is 0. The monoisotopic (exact) mass is 195 g/mol. The molecule has 0 amide bonds. The quantitative estimate of drug-likeness (QED) is 0.542. The van der Waals surface area contributed by atoms with Crippen LogP contribution in [0.25, 0.3) is 0 Å². The molecule has 14 heavy (non-hydrogen) atoms. The maximum atomic E-state index is 5.69. The van der Waals surface area contributed by atoms with E-state index in [0.29, 0.717) is 6.10 Å². The largest absolute Gasteiger partial charge is 0.361 e. The Morgan fingerprint density at radius 1 is 1.36 bits per heavy atom. The molecule has 2 nitrogen and oxygen atoms in total. The van der Waals surface area contributed by atoms with E-state index in [4.69, 9.17) is 10.5 Å². The highest BCUT2D eigenvalue weighted by molar-refractivity contribution is 4.99. The van der Waals surface area contributed by atoms with Crippen molar-refractivity contribution in [3.63, 3.8) is 0 Å². The Bertz CT molecular complexity index is 212. The standard InChI is InChI=1S/C12H21NO/c1-9(13)14-12-7-6-10-4-2-3-5-11(10)8-12/h2,4,9-12H,3,5-8,13H2,1H3. The third-order valence-corrected chi connectivity index (χ3v) is 3.49. The third kappa shape index (κ3) is 2.37. The molecule has 1 fully saturated rings. The average molecular weight is 195 g/mol. The second kappa shape index (κ2) is 4.45. The van der Waals surface area contributed by atoms with E-state index in [1.54, 1.807) is 0 Å². The van der Waals surface area contributed by atoms with Crippen molar-refractivity contribution in [1.29, 1.82) is 0 Å². The first-order valence-corrected chi connectivity index (χ1v) is 5.83. The van der Waals surface area contributed by atoms with E-state index in [2.05, 4.69) is 12.2 Å². The van der Waals surface area contributed by atoms with Crippen LogP contribution in [-0.4, -0.2) is 12.3 Å². The predicted molar refractivity (Wildman–Crippen MR) is 57.7 cm³/mol. The van der Waals surface area contributed by atoms with E-state index >= 15 is 0 Å². The van der Waals surface area contributed by atoms with Crippen LogP contribution in [-0.2, 0) is 4.74 Å². The summed E-state index contributed by atoms with van der Waals surface area (Å²) >= 11 is 0. The Balaban J connectivity index is 1.87. The van der Waals surface area contributed by atoms with Crippen molar-refractivity contribution in [2.75, 3.05) is 0 Å². The van der Waals surface area contributed by atoms with Gasteiger partial charge in [-0.25, -0.2) is 0 Å². The molecule has 0 aromatic carbocycles. The highest BCUT2D eigenvalue weighted by atomic mass is 16.5. The second-order valence-electron chi connectivity index (χ2n) is 4.71. The summed E-state index contributed by atoms with van der Waals surface area (Å²) in [5.41, 5.74) is 5.66. The van der Waals surface area contributed by atoms with Gasteiger partial charge < -0.3 is 10.5 Å². The van der Waals surface area contributed by atoms with Crippen molar-refractivity contribution < 1.29 is 4.74 Å². The van der Waals surface area contributed by atoms with Crippen LogP contribution >= 0.6 is 0 Å². The minimum Gasteiger partial charge on any atom is -0.361 e. The first-order chi connectivity index (χ1) is 6.75. The summed E-state index contributed by atoms with van der Waals surface area (Å²) in [4.78, 5) is 0. The SMILES string of the molecule is CC(N)OC1CCC2C=CCCC2C1. The molecule has 2 aliphatic carbocycles. The molecule has 0 spiro atoms. The Labute approximate surface area is 86.5 Å². The number of rotatable bonds is 2. The number of fused-ring (bicyclic) bond motifs is 1. The molecule has 2 rings (SSSR count). The molecule has 2 N–H and O–H groups in total. The first kappa shape index (κ1) is 10.2.